The van der Waals surface area contributed by atoms with Crippen LogP contribution in [0.3, 0.4) is 0 Å². The Morgan fingerprint density at radius 1 is 1.18 bits per heavy atom. The second-order valence-electron chi connectivity index (χ2n) is 7.40. The average molecular weight is 450 g/mol. The zero-order valence-electron chi connectivity index (χ0n) is 18.5. The highest BCUT2D eigenvalue weighted by atomic mass is 16.2. The monoisotopic (exact) mass is 449 g/mol. The van der Waals surface area contributed by atoms with Crippen LogP contribution in [0.4, 0.5) is 11.5 Å². The van der Waals surface area contributed by atoms with E-state index >= 15 is 0 Å². The van der Waals surface area contributed by atoms with Gasteiger partial charge in [0.2, 0.25) is 11.7 Å². The zero-order chi connectivity index (χ0) is 24.0. The lowest BCUT2D eigenvalue weighted by Gasteiger charge is -2.18. The molecule has 0 atom stereocenters. The second-order valence-corrected chi connectivity index (χ2v) is 7.40. The molecular weight excluding hydrogens is 422 g/mol. The molecule has 2 aromatic carbocycles. The number of amidine groups is 1. The molecule has 11 heteroatoms. The van der Waals surface area contributed by atoms with Crippen LogP contribution in [0, 0.1) is 5.41 Å². The van der Waals surface area contributed by atoms with Gasteiger partial charge in [0, 0.05) is 37.0 Å². The Balaban J connectivity index is 1.85. The van der Waals surface area contributed by atoms with Crippen molar-refractivity contribution in [1.82, 2.24) is 25.1 Å². The van der Waals surface area contributed by atoms with Gasteiger partial charge in [-0.15, -0.1) is 10.2 Å². The molecule has 11 nitrogen and oxygen atoms in total. The summed E-state index contributed by atoms with van der Waals surface area (Å²) in [5, 5.41) is 20.1. The molecule has 3 rings (SSSR count). The van der Waals surface area contributed by atoms with E-state index in [1.807, 2.05) is 6.92 Å². The molecule has 1 amide bonds. The van der Waals surface area contributed by atoms with E-state index in [9.17, 15) is 9.59 Å². The first-order chi connectivity index (χ1) is 15.8. The minimum absolute atomic E-state index is 0.0135. The first kappa shape index (κ1) is 23.4. The van der Waals surface area contributed by atoms with Crippen LogP contribution in [0.15, 0.2) is 53.3 Å². The van der Waals surface area contributed by atoms with Crippen LogP contribution in [0.2, 0.25) is 0 Å². The highest BCUT2D eigenvalue weighted by molar-refractivity contribution is 5.94. The van der Waals surface area contributed by atoms with Crippen molar-refractivity contribution in [3.63, 3.8) is 0 Å². The number of nitrogens with one attached hydrogen (secondary N) is 3. The zero-order valence-corrected chi connectivity index (χ0v) is 18.5. The minimum Gasteiger partial charge on any atom is -0.399 e. The predicted molar refractivity (Wildman–Crippen MR) is 127 cm³/mol. The number of amides is 1. The van der Waals surface area contributed by atoms with Crippen molar-refractivity contribution in [1.29, 1.82) is 5.41 Å². The van der Waals surface area contributed by atoms with E-state index in [-0.39, 0.29) is 36.5 Å². The highest BCUT2D eigenvalue weighted by Gasteiger charge is 2.17. The van der Waals surface area contributed by atoms with Crippen molar-refractivity contribution < 1.29 is 4.79 Å². The summed E-state index contributed by atoms with van der Waals surface area (Å²) in [6, 6.07) is 13.8. The average Bonchev–Trinajstić information content (AvgIpc) is 2.80. The van der Waals surface area contributed by atoms with E-state index < -0.39 is 5.56 Å². The van der Waals surface area contributed by atoms with Crippen LogP contribution in [0.25, 0.3) is 11.4 Å². The highest BCUT2D eigenvalue weighted by Crippen LogP contribution is 2.18. The number of aromatic nitrogens is 3. The number of hydrogen-bond acceptors (Lipinski definition) is 8. The molecule has 3 aromatic rings. The summed E-state index contributed by atoms with van der Waals surface area (Å²) < 4.78 is 1.27. The third-order valence-electron chi connectivity index (χ3n) is 4.92. The lowest BCUT2D eigenvalue weighted by atomic mass is 10.1. The van der Waals surface area contributed by atoms with Gasteiger partial charge in [-0.2, -0.15) is 0 Å². The van der Waals surface area contributed by atoms with Crippen molar-refractivity contribution >= 4 is 23.2 Å². The molecule has 1 heterocycles. The Morgan fingerprint density at radius 2 is 1.91 bits per heavy atom. The van der Waals surface area contributed by atoms with Crippen LogP contribution >= 0.6 is 0 Å². The first-order valence-electron chi connectivity index (χ1n) is 10.3. The van der Waals surface area contributed by atoms with E-state index in [1.54, 1.807) is 60.6 Å². The van der Waals surface area contributed by atoms with Gasteiger partial charge < -0.3 is 16.8 Å². The van der Waals surface area contributed by atoms with Crippen LogP contribution in [-0.4, -0.2) is 45.1 Å². The lowest BCUT2D eigenvalue weighted by molar-refractivity contribution is -0.121. The molecule has 33 heavy (non-hydrogen) atoms. The number of nitrogens with zero attached hydrogens (tertiary/aromatic N) is 4. The number of benzene rings is 2. The van der Waals surface area contributed by atoms with Gasteiger partial charge in [0.05, 0.1) is 0 Å². The Kier molecular flexibility index (Phi) is 7.36. The van der Waals surface area contributed by atoms with Gasteiger partial charge in [-0.1, -0.05) is 43.3 Å². The molecule has 0 saturated heterocycles. The normalized spacial score (nSPS) is 10.8. The number of carbonyl (C=O) groups excluding carboxylic acids is 1. The molecule has 0 bridgehead atoms. The quantitative estimate of drug-likeness (QED) is 0.138. The molecule has 0 fully saturated rings. The maximum atomic E-state index is 13.1. The summed E-state index contributed by atoms with van der Waals surface area (Å²) in [7, 11) is 1.77. The number of hydrogen-bond donors (Lipinski definition) is 5. The van der Waals surface area contributed by atoms with Gasteiger partial charge in [0.15, 0.2) is 5.82 Å². The number of nitrogens with two attached hydrogens (primary N) is 2. The van der Waals surface area contributed by atoms with Gasteiger partial charge in [-0.05, 0) is 17.7 Å². The largest absolute Gasteiger partial charge is 0.399 e. The van der Waals surface area contributed by atoms with Crippen LogP contribution in [0.1, 0.15) is 18.1 Å². The Morgan fingerprint density at radius 3 is 2.55 bits per heavy atom. The number of rotatable bonds is 9. The second kappa shape index (κ2) is 10.4. The van der Waals surface area contributed by atoms with Crippen molar-refractivity contribution in [2.45, 2.75) is 20.0 Å². The summed E-state index contributed by atoms with van der Waals surface area (Å²) in [6.07, 6.45) is 0. The lowest BCUT2D eigenvalue weighted by Crippen LogP contribution is -2.37. The molecule has 1 aromatic heterocycles. The maximum absolute atomic E-state index is 13.1. The minimum atomic E-state index is -0.483. The summed E-state index contributed by atoms with van der Waals surface area (Å²) in [6.45, 7) is 2.54. The van der Waals surface area contributed by atoms with E-state index in [1.165, 1.54) is 4.57 Å². The molecule has 0 aliphatic heterocycles. The molecule has 7 N–H and O–H groups in total. The standard InChI is InChI=1S/C22H27N9O2/c1-3-30(2)29-20-22(33)31(21(28-27-20)16-5-4-6-17(23)11-16)13-18(32)26-12-14-7-9-15(10-8-14)19(24)25/h4-11H,3,12-13,23H2,1-2H3,(H3,24,25)(H,26,32)(H,27,29). The third kappa shape index (κ3) is 5.92. The Hall–Kier alpha value is -4.25. The van der Waals surface area contributed by atoms with Crippen LogP contribution < -0.4 is 27.8 Å². The van der Waals surface area contributed by atoms with E-state index in [4.69, 9.17) is 16.9 Å². The molecular formula is C22H27N9O2. The Labute approximate surface area is 190 Å². The number of hydrazine groups is 1. The van der Waals surface area contributed by atoms with E-state index in [0.717, 1.165) is 5.56 Å². The van der Waals surface area contributed by atoms with E-state index in [2.05, 4.69) is 20.9 Å². The summed E-state index contributed by atoms with van der Waals surface area (Å²) in [5.74, 6) is -0.152. The summed E-state index contributed by atoms with van der Waals surface area (Å²) in [4.78, 5) is 25.9. The predicted octanol–water partition coefficient (Wildman–Crippen LogP) is 0.767. The van der Waals surface area contributed by atoms with Gasteiger partial charge >= 0.3 is 0 Å². The van der Waals surface area contributed by atoms with Gasteiger partial charge in [-0.25, -0.2) is 5.01 Å². The smallest absolute Gasteiger partial charge is 0.298 e. The van der Waals surface area contributed by atoms with Crippen molar-refractivity contribution in [3.05, 3.63) is 70.0 Å². The Bertz CT molecular complexity index is 1210. The molecule has 0 radical (unpaired) electrons. The SMILES string of the molecule is CCN(C)Nc1nnc(-c2cccc(N)c2)n(CC(=O)NCc2ccc(C(=N)N)cc2)c1=O. The van der Waals surface area contributed by atoms with Gasteiger partial charge in [0.25, 0.3) is 5.56 Å². The first-order valence-corrected chi connectivity index (χ1v) is 10.3. The number of anilines is 2. The molecule has 0 unspecified atom stereocenters. The molecule has 0 aliphatic rings. The fraction of sp³-hybridized carbons (Fsp3) is 0.227. The fourth-order valence-electron chi connectivity index (χ4n) is 2.99. The van der Waals surface area contributed by atoms with Gasteiger partial charge in [0.1, 0.15) is 12.4 Å². The molecule has 0 aliphatic carbocycles. The van der Waals surface area contributed by atoms with Crippen LogP contribution in [0.5, 0.6) is 0 Å². The number of nitrogen functional groups attached to an aromatic ring is 2. The fourth-order valence-corrected chi connectivity index (χ4v) is 2.99. The topological polar surface area (TPSA) is 168 Å². The molecule has 0 saturated carbocycles. The van der Waals surface area contributed by atoms with Crippen molar-refractivity contribution in [2.24, 2.45) is 5.73 Å². The van der Waals surface area contributed by atoms with Gasteiger partial charge in [-0.3, -0.25) is 25.0 Å². The maximum Gasteiger partial charge on any atom is 0.298 e. The molecule has 172 valence electrons. The summed E-state index contributed by atoms with van der Waals surface area (Å²) in [5.41, 5.74) is 16.2. The van der Waals surface area contributed by atoms with E-state index in [0.29, 0.717) is 23.4 Å². The number of carbonyl (C=O) groups is 1. The molecule has 0 spiro atoms. The van der Waals surface area contributed by atoms with Crippen molar-refractivity contribution in [3.8, 4) is 11.4 Å². The van der Waals surface area contributed by atoms with Crippen molar-refractivity contribution in [2.75, 3.05) is 24.8 Å². The van der Waals surface area contributed by atoms with Crippen LogP contribution in [-0.2, 0) is 17.9 Å². The third-order valence-corrected chi connectivity index (χ3v) is 4.92. The summed E-state index contributed by atoms with van der Waals surface area (Å²) >= 11 is 0.